The highest BCUT2D eigenvalue weighted by Crippen LogP contribution is 2.78. The van der Waals surface area contributed by atoms with Crippen molar-refractivity contribution < 1.29 is 24.9 Å². The van der Waals surface area contributed by atoms with Crippen molar-refractivity contribution in [3.05, 3.63) is 23.4 Å². The Balaban J connectivity index is 1.47. The number of ether oxygens (including phenoxy) is 1. The molecule has 2 aliphatic heterocycles. The molecule has 3 fully saturated rings. The first-order valence-corrected chi connectivity index (χ1v) is 16.2. The van der Waals surface area contributed by atoms with Crippen molar-refractivity contribution in [1.29, 1.82) is 0 Å². The van der Waals surface area contributed by atoms with E-state index in [-0.39, 0.29) is 48.6 Å². The Morgan fingerprint density at radius 1 is 1.33 bits per heavy atom. The molecule has 0 amide bonds. The normalized spacial score (nSPS) is 42.3. The molecule has 10 nitrogen and oxygen atoms in total. The van der Waals surface area contributed by atoms with Crippen LogP contribution in [0.2, 0.25) is 0 Å². The predicted molar refractivity (Wildman–Crippen MR) is 164 cm³/mol. The van der Waals surface area contributed by atoms with E-state index in [0.29, 0.717) is 45.1 Å². The van der Waals surface area contributed by atoms with E-state index in [9.17, 15) is 20.1 Å². The molecule has 9 atom stereocenters. The van der Waals surface area contributed by atoms with Crippen LogP contribution in [0.15, 0.2) is 28.4 Å². The van der Waals surface area contributed by atoms with Crippen molar-refractivity contribution in [2.75, 3.05) is 53.5 Å². The second kappa shape index (κ2) is 11.8. The van der Waals surface area contributed by atoms with Gasteiger partial charge >= 0.3 is 5.97 Å². The minimum atomic E-state index is -1.58. The number of aliphatic imine (C=N–C) groups is 1. The lowest BCUT2D eigenvalue weighted by Gasteiger charge is -2.62. The standard InChI is InChI=1S/C33H49N5O5/c1-21-14-22-6-5-10-37-30(35-3)38-12-9-23(17-36-11-13-39)33(19-38)26(22)16-27-28(29(40)41)31(42,18-32(21,27)33)20-43-25-8-4-7-24(15-25)34-2/h9,12,21-26,34,36,39,42H,4,7-8,10-11,13-20H2,1-3H3,(H,35,37)(H,40,41). The zero-order valence-electron chi connectivity index (χ0n) is 25.9. The van der Waals surface area contributed by atoms with Crippen molar-refractivity contribution in [1.82, 2.24) is 20.9 Å². The SMILES string of the molecule is CN=C1NCC#CC2CC(C)C34CC(O)(COC5CCCC(NC)C5)C(C(=O)O)=C3CC2C42CN1C=CC2CNCCO. The van der Waals surface area contributed by atoms with Gasteiger partial charge in [-0.05, 0) is 75.3 Å². The highest BCUT2D eigenvalue weighted by atomic mass is 16.5. The number of hydrogen-bond acceptors (Lipinski definition) is 7. The van der Waals surface area contributed by atoms with Crippen LogP contribution < -0.4 is 16.0 Å². The zero-order valence-corrected chi connectivity index (χ0v) is 25.9. The van der Waals surface area contributed by atoms with E-state index in [1.807, 2.05) is 7.05 Å². The third kappa shape index (κ3) is 4.74. The van der Waals surface area contributed by atoms with Crippen LogP contribution in [-0.4, -0.2) is 103 Å². The predicted octanol–water partition coefficient (Wildman–Crippen LogP) is 1.32. The number of aliphatic carboxylic acids is 1. The fourth-order valence-corrected chi connectivity index (χ4v) is 10.3. The van der Waals surface area contributed by atoms with Gasteiger partial charge in [0.2, 0.25) is 0 Å². The third-order valence-electron chi connectivity index (χ3n) is 11.9. The molecular formula is C33H49N5O5. The van der Waals surface area contributed by atoms with Crippen molar-refractivity contribution in [2.45, 2.75) is 69.6 Å². The summed E-state index contributed by atoms with van der Waals surface area (Å²) in [7, 11) is 3.75. The maximum absolute atomic E-state index is 13.2. The lowest BCUT2D eigenvalue weighted by molar-refractivity contribution is -0.145. The number of aliphatic hydroxyl groups excluding tert-OH is 1. The number of guanidine groups is 1. The molecule has 5 bridgehead atoms. The van der Waals surface area contributed by atoms with E-state index in [4.69, 9.17) is 4.74 Å². The third-order valence-corrected chi connectivity index (χ3v) is 11.9. The van der Waals surface area contributed by atoms with Gasteiger partial charge in [-0.2, -0.15) is 0 Å². The fraction of sp³-hybridized carbons (Fsp3) is 0.758. The summed E-state index contributed by atoms with van der Waals surface area (Å²) in [6.07, 6.45) is 10.1. The number of fused-ring (bicyclic) bond motifs is 1. The van der Waals surface area contributed by atoms with E-state index in [2.05, 4.69) is 56.9 Å². The molecule has 0 radical (unpaired) electrons. The molecule has 2 spiro atoms. The van der Waals surface area contributed by atoms with Crippen molar-refractivity contribution in [3.63, 3.8) is 0 Å². The van der Waals surface area contributed by atoms with Gasteiger partial charge in [-0.25, -0.2) is 4.79 Å². The lowest BCUT2D eigenvalue weighted by Crippen LogP contribution is -2.64. The van der Waals surface area contributed by atoms with Crippen LogP contribution in [0.1, 0.15) is 51.9 Å². The first-order chi connectivity index (χ1) is 20.7. The maximum Gasteiger partial charge on any atom is 0.334 e. The molecule has 2 heterocycles. The Morgan fingerprint density at radius 2 is 2.16 bits per heavy atom. The molecule has 6 aliphatic rings. The van der Waals surface area contributed by atoms with Crippen LogP contribution in [0.3, 0.4) is 0 Å². The van der Waals surface area contributed by atoms with Crippen LogP contribution in [-0.2, 0) is 9.53 Å². The minimum Gasteiger partial charge on any atom is -0.478 e. The summed E-state index contributed by atoms with van der Waals surface area (Å²) in [6, 6.07) is 0.376. The smallest absolute Gasteiger partial charge is 0.334 e. The van der Waals surface area contributed by atoms with Crippen LogP contribution in [0, 0.1) is 46.3 Å². The monoisotopic (exact) mass is 595 g/mol. The fourth-order valence-electron chi connectivity index (χ4n) is 10.3. The Kier molecular flexibility index (Phi) is 8.42. The zero-order chi connectivity index (χ0) is 30.4. The van der Waals surface area contributed by atoms with Crippen molar-refractivity contribution >= 4 is 11.9 Å². The number of carbonyl (C=O) groups is 1. The average molecular weight is 596 g/mol. The molecule has 3 saturated carbocycles. The summed E-state index contributed by atoms with van der Waals surface area (Å²) in [5.74, 6) is 7.09. The molecule has 9 unspecified atom stereocenters. The lowest BCUT2D eigenvalue weighted by atomic mass is 9.44. The Labute approximate surface area is 255 Å². The molecule has 0 aromatic rings. The summed E-state index contributed by atoms with van der Waals surface area (Å²) in [5.41, 5.74) is -1.46. The molecule has 0 aromatic carbocycles. The molecule has 0 saturated heterocycles. The van der Waals surface area contributed by atoms with E-state index >= 15 is 0 Å². The average Bonchev–Trinajstić information content (AvgIpc) is 3.37. The first-order valence-electron chi connectivity index (χ1n) is 16.2. The first kappa shape index (κ1) is 30.6. The van der Waals surface area contributed by atoms with Gasteiger partial charge in [0.15, 0.2) is 5.96 Å². The van der Waals surface area contributed by atoms with Crippen LogP contribution in [0.5, 0.6) is 0 Å². The number of carboxylic acid groups (broad SMARTS) is 1. The van der Waals surface area contributed by atoms with Crippen molar-refractivity contribution in [3.8, 4) is 11.8 Å². The summed E-state index contributed by atoms with van der Waals surface area (Å²) in [6.45, 7) is 4.59. The number of nitrogens with zero attached hydrogens (tertiary/aromatic N) is 2. The van der Waals surface area contributed by atoms with Gasteiger partial charge in [0, 0.05) is 55.7 Å². The number of aliphatic hydroxyl groups is 2. The highest BCUT2D eigenvalue weighted by Gasteiger charge is 2.76. The van der Waals surface area contributed by atoms with Gasteiger partial charge in [0.05, 0.1) is 31.4 Å². The topological polar surface area (TPSA) is 139 Å². The van der Waals surface area contributed by atoms with Crippen LogP contribution in [0.25, 0.3) is 0 Å². The van der Waals surface area contributed by atoms with Gasteiger partial charge in [-0.1, -0.05) is 24.8 Å². The van der Waals surface area contributed by atoms with E-state index in [0.717, 1.165) is 43.6 Å². The van der Waals surface area contributed by atoms with Gasteiger partial charge in [0.1, 0.15) is 5.60 Å². The molecule has 236 valence electrons. The maximum atomic E-state index is 13.2. The van der Waals surface area contributed by atoms with Gasteiger partial charge in [0.25, 0.3) is 0 Å². The van der Waals surface area contributed by atoms with Gasteiger partial charge < -0.3 is 40.9 Å². The summed E-state index contributed by atoms with van der Waals surface area (Å²) in [4.78, 5) is 19.9. The Bertz CT molecular complexity index is 1260. The largest absolute Gasteiger partial charge is 0.478 e. The Hall–Kier alpha value is -2.42. The molecule has 4 aliphatic carbocycles. The number of rotatable bonds is 9. The minimum absolute atomic E-state index is 0.00542. The number of allylic oxidation sites excluding steroid dienone is 1. The molecule has 0 aromatic heterocycles. The summed E-state index contributed by atoms with van der Waals surface area (Å²) in [5, 5.41) is 43.1. The number of nitrogens with one attached hydrogen (secondary N) is 3. The van der Waals surface area contributed by atoms with E-state index < -0.39 is 22.4 Å². The summed E-state index contributed by atoms with van der Waals surface area (Å²) < 4.78 is 6.44. The number of carboxylic acids is 1. The molecular weight excluding hydrogens is 546 g/mol. The second-order valence-corrected chi connectivity index (χ2v) is 13.7. The Morgan fingerprint density at radius 3 is 2.91 bits per heavy atom. The van der Waals surface area contributed by atoms with Crippen LogP contribution >= 0.6 is 0 Å². The van der Waals surface area contributed by atoms with Crippen LogP contribution in [0.4, 0.5) is 0 Å². The molecule has 43 heavy (non-hydrogen) atoms. The van der Waals surface area contributed by atoms with E-state index in [1.165, 1.54) is 0 Å². The highest BCUT2D eigenvalue weighted by molar-refractivity contribution is 5.92. The molecule has 10 heteroatoms. The van der Waals surface area contributed by atoms with Gasteiger partial charge in [-0.3, -0.25) is 4.99 Å². The quantitative estimate of drug-likeness (QED) is 0.172. The molecule has 6 N–H and O–H groups in total. The van der Waals surface area contributed by atoms with Crippen molar-refractivity contribution in [2.24, 2.45) is 39.5 Å². The molecule has 6 rings (SSSR count). The summed E-state index contributed by atoms with van der Waals surface area (Å²) >= 11 is 0. The second-order valence-electron chi connectivity index (χ2n) is 13.7. The van der Waals surface area contributed by atoms with Gasteiger partial charge in [-0.15, -0.1) is 0 Å². The number of hydrogen-bond donors (Lipinski definition) is 6. The van der Waals surface area contributed by atoms with E-state index in [1.54, 1.807) is 7.05 Å².